The van der Waals surface area contributed by atoms with Crippen LogP contribution in [0.25, 0.3) is 10.9 Å². The molecule has 1 heterocycles. The third kappa shape index (κ3) is 1.75. The molecule has 0 amide bonds. The minimum Gasteiger partial charge on any atom is -0.497 e. The van der Waals surface area contributed by atoms with Crippen LogP contribution in [-0.4, -0.2) is 28.5 Å². The first kappa shape index (κ1) is 11.2. The van der Waals surface area contributed by atoms with Crippen LogP contribution < -0.4 is 4.74 Å². The normalized spacial score (nSPS) is 10.5. The molecule has 1 aromatic carbocycles. The molecule has 0 aliphatic carbocycles. The Bertz CT molecular complexity index is 612. The van der Waals surface area contributed by atoms with Gasteiger partial charge in [0.15, 0.2) is 0 Å². The van der Waals surface area contributed by atoms with E-state index in [9.17, 15) is 9.59 Å². The highest BCUT2D eigenvalue weighted by Gasteiger charge is 2.20. The fourth-order valence-corrected chi connectivity index (χ4v) is 1.82. The van der Waals surface area contributed by atoms with Gasteiger partial charge in [-0.25, -0.2) is 4.79 Å². The number of nitrogens with zero attached hydrogens (tertiary/aromatic N) is 1. The molecule has 88 valence electrons. The second-order valence-electron chi connectivity index (χ2n) is 3.67. The van der Waals surface area contributed by atoms with Crippen LogP contribution in [0.3, 0.4) is 0 Å². The van der Waals surface area contributed by atoms with Gasteiger partial charge in [-0.15, -0.1) is 0 Å². The Labute approximate surface area is 97.2 Å². The summed E-state index contributed by atoms with van der Waals surface area (Å²) in [4.78, 5) is 22.4. The highest BCUT2D eigenvalue weighted by atomic mass is 16.5. The zero-order chi connectivity index (χ0) is 12.6. The van der Waals surface area contributed by atoms with Crippen LogP contribution >= 0.6 is 0 Å². The summed E-state index contributed by atoms with van der Waals surface area (Å²) < 4.78 is 6.76. The number of Topliss-reactive ketones (excluding diaryl/α,β-unsaturated/α-hetero) is 1. The minimum absolute atomic E-state index is 0.138. The lowest BCUT2D eigenvalue weighted by Gasteiger charge is -2.06. The lowest BCUT2D eigenvalue weighted by atomic mass is 10.1. The van der Waals surface area contributed by atoms with Crippen molar-refractivity contribution in [2.45, 2.75) is 0 Å². The van der Waals surface area contributed by atoms with Gasteiger partial charge in [0.1, 0.15) is 5.75 Å². The van der Waals surface area contributed by atoms with Crippen molar-refractivity contribution in [2.24, 2.45) is 7.05 Å². The predicted octanol–water partition coefficient (Wildman–Crippen LogP) is 1.45. The van der Waals surface area contributed by atoms with Crippen LogP contribution in [0.2, 0.25) is 0 Å². The van der Waals surface area contributed by atoms with Gasteiger partial charge in [0.25, 0.3) is 5.78 Å². The predicted molar refractivity (Wildman–Crippen MR) is 61.4 cm³/mol. The van der Waals surface area contributed by atoms with E-state index < -0.39 is 11.8 Å². The molecule has 0 radical (unpaired) electrons. The van der Waals surface area contributed by atoms with Gasteiger partial charge in [-0.05, 0) is 18.2 Å². The van der Waals surface area contributed by atoms with Crippen molar-refractivity contribution in [3.8, 4) is 5.75 Å². The molecule has 17 heavy (non-hydrogen) atoms. The number of benzene rings is 1. The van der Waals surface area contributed by atoms with Gasteiger partial charge in [-0.1, -0.05) is 0 Å². The fraction of sp³-hybridized carbons (Fsp3) is 0.167. The van der Waals surface area contributed by atoms with Crippen molar-refractivity contribution in [3.63, 3.8) is 0 Å². The molecule has 0 unspecified atom stereocenters. The SMILES string of the molecule is COc1cc(C(=O)C(=O)O)c2c(ccn2C)c1. The summed E-state index contributed by atoms with van der Waals surface area (Å²) in [6.07, 6.45) is 1.77. The molecule has 0 fully saturated rings. The molecular weight excluding hydrogens is 222 g/mol. The van der Waals surface area contributed by atoms with Crippen LogP contribution in [0, 0.1) is 0 Å². The van der Waals surface area contributed by atoms with Gasteiger partial charge >= 0.3 is 5.97 Å². The fourth-order valence-electron chi connectivity index (χ4n) is 1.82. The Hall–Kier alpha value is -2.30. The number of carboxylic acids is 1. The zero-order valence-corrected chi connectivity index (χ0v) is 9.43. The highest BCUT2D eigenvalue weighted by Crippen LogP contribution is 2.26. The van der Waals surface area contributed by atoms with E-state index in [0.717, 1.165) is 5.39 Å². The molecule has 1 N–H and O–H groups in total. The average molecular weight is 233 g/mol. The van der Waals surface area contributed by atoms with Crippen molar-refractivity contribution in [1.29, 1.82) is 0 Å². The molecule has 0 saturated carbocycles. The minimum atomic E-state index is -1.47. The Morgan fingerprint density at radius 1 is 1.35 bits per heavy atom. The summed E-state index contributed by atoms with van der Waals surface area (Å²) in [5.74, 6) is -1.94. The number of carbonyl (C=O) groups is 2. The summed E-state index contributed by atoms with van der Waals surface area (Å²) in [5.41, 5.74) is 0.734. The van der Waals surface area contributed by atoms with E-state index in [1.807, 2.05) is 0 Å². The summed E-state index contributed by atoms with van der Waals surface area (Å²) in [7, 11) is 3.23. The maximum Gasteiger partial charge on any atom is 0.377 e. The molecule has 5 heteroatoms. The van der Waals surface area contributed by atoms with Gasteiger partial charge in [-0.3, -0.25) is 4.79 Å². The van der Waals surface area contributed by atoms with Crippen molar-refractivity contribution in [3.05, 3.63) is 30.0 Å². The molecule has 2 rings (SSSR count). The second-order valence-corrected chi connectivity index (χ2v) is 3.67. The number of aryl methyl sites for hydroxylation is 1. The van der Waals surface area contributed by atoms with Gasteiger partial charge < -0.3 is 14.4 Å². The average Bonchev–Trinajstić information content (AvgIpc) is 2.69. The number of aromatic nitrogens is 1. The number of fused-ring (bicyclic) bond motifs is 1. The summed E-state index contributed by atoms with van der Waals surface area (Å²) in [5, 5.41) is 9.56. The summed E-state index contributed by atoms with van der Waals surface area (Å²) in [6, 6.07) is 5.00. The lowest BCUT2D eigenvalue weighted by Crippen LogP contribution is -2.14. The molecule has 5 nitrogen and oxygen atoms in total. The molecule has 0 spiro atoms. The van der Waals surface area contributed by atoms with Gasteiger partial charge in [0, 0.05) is 18.6 Å². The molecule has 2 aromatic rings. The van der Waals surface area contributed by atoms with Gasteiger partial charge in [0.05, 0.1) is 18.2 Å². The molecule has 1 aromatic heterocycles. The van der Waals surface area contributed by atoms with Gasteiger partial charge in [0.2, 0.25) is 0 Å². The van der Waals surface area contributed by atoms with E-state index in [0.29, 0.717) is 11.3 Å². The van der Waals surface area contributed by atoms with E-state index in [-0.39, 0.29) is 5.56 Å². The maximum atomic E-state index is 11.6. The van der Waals surface area contributed by atoms with Crippen LogP contribution in [0.5, 0.6) is 5.75 Å². The topological polar surface area (TPSA) is 68.5 Å². The third-order valence-electron chi connectivity index (χ3n) is 2.62. The van der Waals surface area contributed by atoms with Crippen LogP contribution in [0.4, 0.5) is 0 Å². The number of hydrogen-bond acceptors (Lipinski definition) is 3. The first-order chi connectivity index (χ1) is 8.04. The van der Waals surface area contributed by atoms with Crippen LogP contribution in [-0.2, 0) is 11.8 Å². The Morgan fingerprint density at radius 3 is 2.65 bits per heavy atom. The van der Waals surface area contributed by atoms with Crippen LogP contribution in [0.1, 0.15) is 10.4 Å². The maximum absolute atomic E-state index is 11.6. The number of ketones is 1. The smallest absolute Gasteiger partial charge is 0.377 e. The number of carbonyl (C=O) groups excluding carboxylic acids is 1. The van der Waals surface area contributed by atoms with Crippen molar-refractivity contribution < 1.29 is 19.4 Å². The Balaban J connectivity index is 2.78. The Morgan fingerprint density at radius 2 is 2.06 bits per heavy atom. The van der Waals surface area contributed by atoms with E-state index >= 15 is 0 Å². The van der Waals surface area contributed by atoms with E-state index in [1.54, 1.807) is 29.9 Å². The van der Waals surface area contributed by atoms with E-state index in [2.05, 4.69) is 0 Å². The molecule has 0 aliphatic heterocycles. The monoisotopic (exact) mass is 233 g/mol. The molecule has 0 saturated heterocycles. The van der Waals surface area contributed by atoms with Gasteiger partial charge in [-0.2, -0.15) is 0 Å². The van der Waals surface area contributed by atoms with E-state index in [4.69, 9.17) is 9.84 Å². The Kier molecular flexibility index (Phi) is 2.59. The first-order valence-corrected chi connectivity index (χ1v) is 4.95. The number of ether oxygens (including phenoxy) is 1. The zero-order valence-electron chi connectivity index (χ0n) is 9.43. The third-order valence-corrected chi connectivity index (χ3v) is 2.62. The summed E-state index contributed by atoms with van der Waals surface area (Å²) in [6.45, 7) is 0. The van der Waals surface area contributed by atoms with E-state index in [1.165, 1.54) is 13.2 Å². The largest absolute Gasteiger partial charge is 0.497 e. The number of methoxy groups -OCH3 is 1. The number of hydrogen-bond donors (Lipinski definition) is 1. The van der Waals surface area contributed by atoms with Crippen molar-refractivity contribution in [2.75, 3.05) is 7.11 Å². The highest BCUT2D eigenvalue weighted by molar-refractivity contribution is 6.42. The second kappa shape index (κ2) is 3.93. The summed E-state index contributed by atoms with van der Waals surface area (Å²) >= 11 is 0. The number of rotatable bonds is 3. The first-order valence-electron chi connectivity index (χ1n) is 4.95. The number of aliphatic carboxylic acids is 1. The quantitative estimate of drug-likeness (QED) is 0.643. The molecule has 0 bridgehead atoms. The molecular formula is C12H11NO4. The molecule has 0 aliphatic rings. The standard InChI is InChI=1S/C12H11NO4/c1-13-4-3-7-5-8(17-2)6-9(10(7)13)11(14)12(15)16/h3-6H,1-2H3,(H,15,16). The van der Waals surface area contributed by atoms with Crippen LogP contribution in [0.15, 0.2) is 24.4 Å². The van der Waals surface area contributed by atoms with Crippen molar-refractivity contribution >= 4 is 22.7 Å². The lowest BCUT2D eigenvalue weighted by molar-refractivity contribution is -0.131. The van der Waals surface area contributed by atoms with Crippen molar-refractivity contribution in [1.82, 2.24) is 4.57 Å². The number of carboxylic acid groups (broad SMARTS) is 1. The molecule has 0 atom stereocenters.